The number of para-hydroxylation sites is 2. The molecule has 1 aliphatic heterocycles. The standard InChI is InChI=1S/C21H21N5O/c1-14-6-4-10-19-22-18(13-26(14)19)21(27)25-11-5-7-15(12-25)20-23-16-8-2-3-9-17(16)24-20/h2-4,6,8-10,13,15H,5,7,11-12H2,1H3,(H,23,24). The van der Waals surface area contributed by atoms with Crippen LogP contribution < -0.4 is 0 Å². The number of carbonyl (C=O) groups excluding carboxylic acids is 1. The van der Waals surface area contributed by atoms with Gasteiger partial charge in [-0.05, 0) is 44.0 Å². The Morgan fingerprint density at radius 2 is 2.04 bits per heavy atom. The SMILES string of the molecule is Cc1cccc2nc(C(=O)N3CCCC(c4nc5ccccc5[nH]4)C3)cn12. The first-order valence-corrected chi connectivity index (χ1v) is 9.38. The normalized spacial score (nSPS) is 17.7. The van der Waals surface area contributed by atoms with Crippen LogP contribution in [0.15, 0.2) is 48.7 Å². The number of hydrogen-bond acceptors (Lipinski definition) is 3. The third-order valence-electron chi connectivity index (χ3n) is 5.42. The summed E-state index contributed by atoms with van der Waals surface area (Å²) in [6.45, 7) is 3.45. The van der Waals surface area contributed by atoms with Gasteiger partial charge in [-0.15, -0.1) is 0 Å². The van der Waals surface area contributed by atoms with Gasteiger partial charge in [-0.1, -0.05) is 18.2 Å². The highest BCUT2D eigenvalue weighted by Gasteiger charge is 2.28. The first-order chi connectivity index (χ1) is 13.2. The van der Waals surface area contributed by atoms with E-state index in [1.807, 2.05) is 64.9 Å². The lowest BCUT2D eigenvalue weighted by molar-refractivity contribution is 0.0699. The van der Waals surface area contributed by atoms with Crippen molar-refractivity contribution in [3.63, 3.8) is 0 Å². The van der Waals surface area contributed by atoms with Gasteiger partial charge in [0.1, 0.15) is 17.2 Å². The monoisotopic (exact) mass is 359 g/mol. The van der Waals surface area contributed by atoms with Gasteiger partial charge >= 0.3 is 0 Å². The molecule has 136 valence electrons. The average Bonchev–Trinajstić information content (AvgIpc) is 3.32. The molecule has 27 heavy (non-hydrogen) atoms. The van der Waals surface area contributed by atoms with Crippen LogP contribution in [0, 0.1) is 6.92 Å². The van der Waals surface area contributed by atoms with Gasteiger partial charge in [-0.25, -0.2) is 9.97 Å². The summed E-state index contributed by atoms with van der Waals surface area (Å²) >= 11 is 0. The summed E-state index contributed by atoms with van der Waals surface area (Å²) < 4.78 is 1.97. The van der Waals surface area contributed by atoms with Crippen molar-refractivity contribution >= 4 is 22.6 Å². The maximum Gasteiger partial charge on any atom is 0.274 e. The quantitative estimate of drug-likeness (QED) is 0.595. The number of piperidine rings is 1. The molecule has 5 rings (SSSR count). The number of hydrogen-bond donors (Lipinski definition) is 1. The fourth-order valence-corrected chi connectivity index (χ4v) is 3.96. The summed E-state index contributed by atoms with van der Waals surface area (Å²) in [7, 11) is 0. The Kier molecular flexibility index (Phi) is 3.70. The smallest absolute Gasteiger partial charge is 0.274 e. The van der Waals surface area contributed by atoms with Gasteiger partial charge < -0.3 is 14.3 Å². The molecule has 0 spiro atoms. The van der Waals surface area contributed by atoms with Crippen molar-refractivity contribution in [2.24, 2.45) is 0 Å². The number of aryl methyl sites for hydroxylation is 1. The molecule has 0 bridgehead atoms. The van der Waals surface area contributed by atoms with E-state index in [0.717, 1.165) is 47.6 Å². The Labute approximate surface area is 156 Å². The second-order valence-corrected chi connectivity index (χ2v) is 7.25. The van der Waals surface area contributed by atoms with E-state index >= 15 is 0 Å². The highest BCUT2D eigenvalue weighted by molar-refractivity contribution is 5.93. The van der Waals surface area contributed by atoms with Crippen LogP contribution in [-0.2, 0) is 0 Å². The fraction of sp³-hybridized carbons (Fsp3) is 0.286. The van der Waals surface area contributed by atoms with Crippen LogP contribution >= 0.6 is 0 Å². The lowest BCUT2D eigenvalue weighted by atomic mass is 9.97. The van der Waals surface area contributed by atoms with E-state index in [4.69, 9.17) is 4.98 Å². The zero-order valence-corrected chi connectivity index (χ0v) is 15.2. The number of nitrogens with one attached hydrogen (secondary N) is 1. The number of fused-ring (bicyclic) bond motifs is 2. The Bertz CT molecular complexity index is 1110. The lowest BCUT2D eigenvalue weighted by Gasteiger charge is -2.31. The maximum atomic E-state index is 13.0. The van der Waals surface area contributed by atoms with Gasteiger partial charge in [0.25, 0.3) is 5.91 Å². The molecule has 6 heteroatoms. The lowest BCUT2D eigenvalue weighted by Crippen LogP contribution is -2.39. The van der Waals surface area contributed by atoms with Crippen LogP contribution in [0.2, 0.25) is 0 Å². The van der Waals surface area contributed by atoms with E-state index in [1.165, 1.54) is 0 Å². The van der Waals surface area contributed by atoms with Crippen molar-refractivity contribution in [1.29, 1.82) is 0 Å². The molecule has 1 fully saturated rings. The van der Waals surface area contributed by atoms with Gasteiger partial charge in [-0.2, -0.15) is 0 Å². The first-order valence-electron chi connectivity index (χ1n) is 9.38. The van der Waals surface area contributed by atoms with Gasteiger partial charge in [0.15, 0.2) is 0 Å². The van der Waals surface area contributed by atoms with Gasteiger partial charge in [0, 0.05) is 30.9 Å². The molecule has 0 saturated carbocycles. The van der Waals surface area contributed by atoms with E-state index in [0.29, 0.717) is 12.2 Å². The molecule has 1 N–H and O–H groups in total. The molecular weight excluding hydrogens is 338 g/mol. The predicted octanol–water partition coefficient (Wildman–Crippen LogP) is 3.54. The molecule has 1 aliphatic rings. The first kappa shape index (κ1) is 16.1. The van der Waals surface area contributed by atoms with Gasteiger partial charge in [-0.3, -0.25) is 4.79 Å². The average molecular weight is 359 g/mol. The molecule has 0 radical (unpaired) electrons. The Hall–Kier alpha value is -3.15. The summed E-state index contributed by atoms with van der Waals surface area (Å²) in [5.74, 6) is 1.20. The number of aromatic amines is 1. The molecule has 1 amide bonds. The molecule has 1 saturated heterocycles. The maximum absolute atomic E-state index is 13.0. The van der Waals surface area contributed by atoms with E-state index in [-0.39, 0.29) is 11.8 Å². The molecule has 3 aromatic heterocycles. The minimum Gasteiger partial charge on any atom is -0.342 e. The van der Waals surface area contributed by atoms with Crippen LogP contribution in [0.25, 0.3) is 16.7 Å². The topological polar surface area (TPSA) is 66.3 Å². The van der Waals surface area contributed by atoms with Crippen molar-refractivity contribution in [2.45, 2.75) is 25.7 Å². The fourth-order valence-electron chi connectivity index (χ4n) is 3.96. The molecule has 4 aromatic rings. The van der Waals surface area contributed by atoms with Gasteiger partial charge in [0.05, 0.1) is 11.0 Å². The van der Waals surface area contributed by atoms with Crippen LogP contribution in [0.4, 0.5) is 0 Å². The van der Waals surface area contributed by atoms with E-state index < -0.39 is 0 Å². The second kappa shape index (κ2) is 6.23. The molecular formula is C21H21N5O. The highest BCUT2D eigenvalue weighted by Crippen LogP contribution is 2.27. The minimum atomic E-state index is -0.00101. The third-order valence-corrected chi connectivity index (χ3v) is 5.42. The molecule has 1 atom stereocenters. The number of pyridine rings is 1. The summed E-state index contributed by atoms with van der Waals surface area (Å²) in [4.78, 5) is 27.7. The molecule has 0 aliphatic carbocycles. The number of aromatic nitrogens is 4. The summed E-state index contributed by atoms with van der Waals surface area (Å²) in [6.07, 6.45) is 3.85. The predicted molar refractivity (Wildman–Crippen MR) is 104 cm³/mol. The van der Waals surface area contributed by atoms with Crippen molar-refractivity contribution in [1.82, 2.24) is 24.3 Å². The van der Waals surface area contributed by atoms with Crippen LogP contribution in [0.1, 0.15) is 40.8 Å². The third kappa shape index (κ3) is 2.77. The molecule has 1 aromatic carbocycles. The second-order valence-electron chi connectivity index (χ2n) is 7.25. The van der Waals surface area contributed by atoms with Crippen molar-refractivity contribution in [3.8, 4) is 0 Å². The molecule has 6 nitrogen and oxygen atoms in total. The minimum absolute atomic E-state index is 0.00101. The number of carbonyl (C=O) groups is 1. The Morgan fingerprint density at radius 1 is 1.15 bits per heavy atom. The number of nitrogens with zero attached hydrogens (tertiary/aromatic N) is 4. The molecule has 4 heterocycles. The summed E-state index contributed by atoms with van der Waals surface area (Å²) in [6, 6.07) is 14.0. The zero-order valence-electron chi connectivity index (χ0n) is 15.2. The van der Waals surface area contributed by atoms with Crippen molar-refractivity contribution < 1.29 is 4.79 Å². The largest absolute Gasteiger partial charge is 0.342 e. The van der Waals surface area contributed by atoms with E-state index in [9.17, 15) is 4.79 Å². The Balaban J connectivity index is 1.41. The van der Waals surface area contributed by atoms with Gasteiger partial charge in [0.2, 0.25) is 0 Å². The number of imidazole rings is 2. The van der Waals surface area contributed by atoms with Crippen LogP contribution in [-0.4, -0.2) is 43.2 Å². The van der Waals surface area contributed by atoms with E-state index in [1.54, 1.807) is 0 Å². The van der Waals surface area contributed by atoms with Crippen LogP contribution in [0.5, 0.6) is 0 Å². The van der Waals surface area contributed by atoms with Crippen molar-refractivity contribution in [3.05, 3.63) is 65.9 Å². The summed E-state index contributed by atoms with van der Waals surface area (Å²) in [5.41, 5.74) is 4.41. The zero-order chi connectivity index (χ0) is 18.4. The number of rotatable bonds is 2. The number of amides is 1. The Morgan fingerprint density at radius 3 is 2.89 bits per heavy atom. The molecule has 1 unspecified atom stereocenters. The summed E-state index contributed by atoms with van der Waals surface area (Å²) in [5, 5.41) is 0. The van der Waals surface area contributed by atoms with Crippen molar-refractivity contribution in [2.75, 3.05) is 13.1 Å². The number of H-pyrrole nitrogens is 1. The van der Waals surface area contributed by atoms with E-state index in [2.05, 4.69) is 9.97 Å². The number of benzene rings is 1. The van der Waals surface area contributed by atoms with Crippen LogP contribution in [0.3, 0.4) is 0 Å². The highest BCUT2D eigenvalue weighted by atomic mass is 16.2. The number of likely N-dealkylation sites (tertiary alicyclic amines) is 1.